The van der Waals surface area contributed by atoms with Gasteiger partial charge in [-0.3, -0.25) is 0 Å². The first-order chi connectivity index (χ1) is 12.8. The zero-order chi connectivity index (χ0) is 17.8. The average molecular weight is 358 g/mol. The van der Waals surface area contributed by atoms with Crippen molar-refractivity contribution in [1.82, 2.24) is 20.2 Å². The molecule has 4 rings (SSSR count). The van der Waals surface area contributed by atoms with Gasteiger partial charge in [0.25, 0.3) is 0 Å². The molecule has 0 radical (unpaired) electrons. The SMILES string of the molecule is CC[NH+]1CC[NH+]([C@@H](c2ccccc2)c2nnnn2C[C@H]2CCCO2)CC1. The van der Waals surface area contributed by atoms with Crippen LogP contribution in [0.25, 0.3) is 0 Å². The third-order valence-electron chi connectivity index (χ3n) is 5.86. The molecule has 2 aromatic rings. The summed E-state index contributed by atoms with van der Waals surface area (Å²) < 4.78 is 7.80. The Morgan fingerprint density at radius 3 is 2.69 bits per heavy atom. The van der Waals surface area contributed by atoms with Crippen LogP contribution in [0.1, 0.15) is 37.2 Å². The summed E-state index contributed by atoms with van der Waals surface area (Å²) in [6, 6.07) is 10.9. The molecule has 2 fully saturated rings. The monoisotopic (exact) mass is 358 g/mol. The second-order valence-electron chi connectivity index (χ2n) is 7.46. The fraction of sp³-hybridized carbons (Fsp3) is 0.632. The van der Waals surface area contributed by atoms with Gasteiger partial charge in [0.2, 0.25) is 5.82 Å². The van der Waals surface area contributed by atoms with Gasteiger partial charge < -0.3 is 14.5 Å². The lowest BCUT2D eigenvalue weighted by Crippen LogP contribution is -3.28. The molecule has 2 aliphatic heterocycles. The number of piperazine rings is 1. The van der Waals surface area contributed by atoms with Gasteiger partial charge in [0, 0.05) is 12.2 Å². The second-order valence-corrected chi connectivity index (χ2v) is 7.46. The van der Waals surface area contributed by atoms with Crippen molar-refractivity contribution >= 4 is 0 Å². The largest absolute Gasteiger partial charge is 0.376 e. The molecule has 2 saturated heterocycles. The van der Waals surface area contributed by atoms with Gasteiger partial charge in [-0.15, -0.1) is 5.10 Å². The Hall–Kier alpha value is -1.83. The molecule has 2 atom stereocenters. The number of tetrazole rings is 1. The van der Waals surface area contributed by atoms with Crippen LogP contribution < -0.4 is 9.80 Å². The summed E-state index contributed by atoms with van der Waals surface area (Å²) in [6.07, 6.45) is 2.47. The molecule has 0 saturated carbocycles. The normalized spacial score (nSPS) is 27.5. The number of aromatic nitrogens is 4. The van der Waals surface area contributed by atoms with Crippen molar-refractivity contribution in [3.05, 3.63) is 41.7 Å². The van der Waals surface area contributed by atoms with Gasteiger partial charge >= 0.3 is 0 Å². The Bertz CT molecular complexity index is 676. The zero-order valence-electron chi connectivity index (χ0n) is 15.6. The van der Waals surface area contributed by atoms with Gasteiger partial charge in [-0.05, 0) is 30.2 Å². The number of nitrogens with zero attached hydrogens (tertiary/aromatic N) is 4. The molecule has 0 spiro atoms. The Morgan fingerprint density at radius 1 is 1.19 bits per heavy atom. The van der Waals surface area contributed by atoms with E-state index in [0.717, 1.165) is 44.9 Å². The van der Waals surface area contributed by atoms with Gasteiger partial charge in [0.05, 0.1) is 19.2 Å². The Morgan fingerprint density at radius 2 is 2.00 bits per heavy atom. The number of likely N-dealkylation sites (N-methyl/N-ethyl adjacent to an activating group) is 1. The van der Waals surface area contributed by atoms with Crippen molar-refractivity contribution in [3.63, 3.8) is 0 Å². The zero-order valence-corrected chi connectivity index (χ0v) is 15.6. The van der Waals surface area contributed by atoms with Crippen LogP contribution >= 0.6 is 0 Å². The topological polar surface area (TPSA) is 61.7 Å². The minimum atomic E-state index is 0.186. The fourth-order valence-electron chi connectivity index (χ4n) is 4.31. The van der Waals surface area contributed by atoms with E-state index in [1.54, 1.807) is 9.80 Å². The highest BCUT2D eigenvalue weighted by Gasteiger charge is 2.35. The van der Waals surface area contributed by atoms with E-state index >= 15 is 0 Å². The van der Waals surface area contributed by atoms with Gasteiger partial charge in [-0.25, -0.2) is 4.68 Å². The molecule has 140 valence electrons. The van der Waals surface area contributed by atoms with Crippen LogP contribution in [-0.2, 0) is 11.3 Å². The minimum Gasteiger partial charge on any atom is -0.376 e. The molecular weight excluding hydrogens is 328 g/mol. The van der Waals surface area contributed by atoms with Crippen molar-refractivity contribution in [2.24, 2.45) is 0 Å². The maximum absolute atomic E-state index is 5.81. The molecule has 0 amide bonds. The van der Waals surface area contributed by atoms with Crippen LogP contribution in [0.4, 0.5) is 0 Å². The van der Waals surface area contributed by atoms with E-state index in [-0.39, 0.29) is 12.1 Å². The average Bonchev–Trinajstić information content (AvgIpc) is 3.37. The van der Waals surface area contributed by atoms with Crippen LogP contribution in [0, 0.1) is 0 Å². The van der Waals surface area contributed by atoms with Crippen molar-refractivity contribution in [2.75, 3.05) is 39.3 Å². The molecule has 2 aliphatic rings. The molecule has 26 heavy (non-hydrogen) atoms. The molecule has 2 N–H and O–H groups in total. The Kier molecular flexibility index (Phi) is 5.57. The number of quaternary nitrogens is 2. The van der Waals surface area contributed by atoms with Gasteiger partial charge in [0.15, 0.2) is 6.04 Å². The Labute approximate surface area is 154 Å². The van der Waals surface area contributed by atoms with Gasteiger partial charge in [-0.2, -0.15) is 0 Å². The van der Waals surface area contributed by atoms with E-state index in [4.69, 9.17) is 4.74 Å². The van der Waals surface area contributed by atoms with E-state index in [1.165, 1.54) is 25.2 Å². The third kappa shape index (κ3) is 3.79. The number of hydrogen-bond donors (Lipinski definition) is 2. The quantitative estimate of drug-likeness (QED) is 0.677. The first-order valence-electron chi connectivity index (χ1n) is 9.96. The lowest BCUT2D eigenvalue weighted by atomic mass is 10.0. The van der Waals surface area contributed by atoms with Crippen molar-refractivity contribution in [1.29, 1.82) is 0 Å². The Balaban J connectivity index is 1.60. The van der Waals surface area contributed by atoms with Crippen LogP contribution in [0.5, 0.6) is 0 Å². The lowest BCUT2D eigenvalue weighted by molar-refractivity contribution is -1.02. The maximum atomic E-state index is 5.81. The molecule has 7 heteroatoms. The highest BCUT2D eigenvalue weighted by atomic mass is 16.5. The van der Waals surface area contributed by atoms with E-state index in [1.807, 2.05) is 4.68 Å². The number of nitrogens with one attached hydrogen (secondary N) is 2. The lowest BCUT2D eigenvalue weighted by Gasteiger charge is -2.34. The van der Waals surface area contributed by atoms with E-state index < -0.39 is 0 Å². The summed E-state index contributed by atoms with van der Waals surface area (Å²) >= 11 is 0. The molecular formula is C19H30N6O+2. The van der Waals surface area contributed by atoms with E-state index in [2.05, 4.69) is 52.8 Å². The molecule has 0 bridgehead atoms. The smallest absolute Gasteiger partial charge is 0.214 e. The maximum Gasteiger partial charge on any atom is 0.214 e. The predicted molar refractivity (Wildman–Crippen MR) is 97.0 cm³/mol. The molecule has 0 unspecified atom stereocenters. The summed E-state index contributed by atoms with van der Waals surface area (Å²) in [5.74, 6) is 0.974. The fourth-order valence-corrected chi connectivity index (χ4v) is 4.31. The van der Waals surface area contributed by atoms with Crippen molar-refractivity contribution in [2.45, 2.75) is 38.5 Å². The van der Waals surface area contributed by atoms with Crippen LogP contribution in [0.3, 0.4) is 0 Å². The first kappa shape index (κ1) is 17.6. The second kappa shape index (κ2) is 8.24. The third-order valence-corrected chi connectivity index (χ3v) is 5.86. The number of hydrogen-bond acceptors (Lipinski definition) is 4. The molecule has 3 heterocycles. The number of rotatable bonds is 6. The predicted octanol–water partition coefficient (Wildman–Crippen LogP) is -1.26. The van der Waals surface area contributed by atoms with E-state index in [9.17, 15) is 0 Å². The summed E-state index contributed by atoms with van der Waals surface area (Å²) in [6.45, 7) is 9.82. The molecule has 0 aliphatic carbocycles. The highest BCUT2D eigenvalue weighted by molar-refractivity contribution is 5.22. The first-order valence-corrected chi connectivity index (χ1v) is 9.96. The highest BCUT2D eigenvalue weighted by Crippen LogP contribution is 2.19. The van der Waals surface area contributed by atoms with Crippen LogP contribution in [0.15, 0.2) is 30.3 Å². The minimum absolute atomic E-state index is 0.186. The summed E-state index contributed by atoms with van der Waals surface area (Å²) in [5, 5.41) is 12.8. The summed E-state index contributed by atoms with van der Waals surface area (Å²) in [4.78, 5) is 3.26. The molecule has 1 aromatic carbocycles. The van der Waals surface area contributed by atoms with Crippen molar-refractivity contribution in [3.8, 4) is 0 Å². The van der Waals surface area contributed by atoms with E-state index in [0.29, 0.717) is 0 Å². The van der Waals surface area contributed by atoms with Crippen LogP contribution in [0.2, 0.25) is 0 Å². The van der Waals surface area contributed by atoms with Gasteiger partial charge in [0.1, 0.15) is 26.2 Å². The van der Waals surface area contributed by atoms with Gasteiger partial charge in [-0.1, -0.05) is 30.3 Å². The standard InChI is InChI=1S/C19H28N6O/c1-2-23-10-12-24(13-11-23)18(16-7-4-3-5-8-16)19-20-21-22-25(19)15-17-9-6-14-26-17/h3-5,7-8,17-18H,2,6,9-15H2,1H3/p+2/t17-,18+/m1/s1. The van der Waals surface area contributed by atoms with Crippen molar-refractivity contribution < 1.29 is 14.5 Å². The summed E-state index contributed by atoms with van der Waals surface area (Å²) in [7, 11) is 0. The molecule has 7 nitrogen and oxygen atoms in total. The van der Waals surface area contributed by atoms with Crippen LogP contribution in [-0.4, -0.2) is 65.6 Å². The summed E-state index contributed by atoms with van der Waals surface area (Å²) in [5.41, 5.74) is 1.30. The number of ether oxygens (including phenoxy) is 1. The number of benzene rings is 1. The molecule has 1 aromatic heterocycles.